The minimum atomic E-state index is 0.345. The molecule has 0 saturated carbocycles. The van der Waals surface area contributed by atoms with Gasteiger partial charge in [0, 0.05) is 51.7 Å². The lowest BCUT2D eigenvalue weighted by Gasteiger charge is -2.34. The van der Waals surface area contributed by atoms with E-state index in [0.29, 0.717) is 11.9 Å². The van der Waals surface area contributed by atoms with Crippen molar-refractivity contribution >= 4 is 5.91 Å². The fraction of sp³-hybridized carbons (Fsp3) is 0.909. The van der Waals surface area contributed by atoms with Crippen molar-refractivity contribution in [2.45, 2.75) is 25.8 Å². The fourth-order valence-corrected chi connectivity index (χ4v) is 2.40. The molecule has 2 fully saturated rings. The van der Waals surface area contributed by atoms with Gasteiger partial charge < -0.3 is 10.2 Å². The minimum absolute atomic E-state index is 0.345. The molecular weight excluding hydrogens is 190 g/mol. The summed E-state index contributed by atoms with van der Waals surface area (Å²) in [5.41, 5.74) is 0. The molecule has 1 amide bonds. The number of carbonyl (C=O) groups excluding carboxylic acids is 1. The van der Waals surface area contributed by atoms with E-state index in [1.165, 1.54) is 0 Å². The van der Waals surface area contributed by atoms with Crippen LogP contribution in [0, 0.1) is 0 Å². The van der Waals surface area contributed by atoms with E-state index in [-0.39, 0.29) is 0 Å². The van der Waals surface area contributed by atoms with Crippen LogP contribution in [-0.2, 0) is 4.79 Å². The molecule has 0 radical (unpaired) electrons. The lowest BCUT2D eigenvalue weighted by atomic mass is 10.2. The molecule has 2 aliphatic rings. The molecule has 1 N–H and O–H groups in total. The van der Waals surface area contributed by atoms with Crippen molar-refractivity contribution in [3.05, 3.63) is 0 Å². The molecule has 2 heterocycles. The Bertz CT molecular complexity index is 232. The Morgan fingerprint density at radius 1 is 1.40 bits per heavy atom. The number of nitrogens with zero attached hydrogens (tertiary/aromatic N) is 2. The zero-order valence-corrected chi connectivity index (χ0v) is 9.54. The third kappa shape index (κ3) is 2.69. The van der Waals surface area contributed by atoms with Gasteiger partial charge in [-0.15, -0.1) is 0 Å². The number of carbonyl (C=O) groups is 1. The topological polar surface area (TPSA) is 35.6 Å². The standard InChI is InChI=1S/C11H21N3O/c1-10-9-12-4-6-13(10)7-8-14-5-2-3-11(14)15/h10,12H,2-9H2,1H3. The molecule has 4 nitrogen and oxygen atoms in total. The Morgan fingerprint density at radius 2 is 2.27 bits per heavy atom. The maximum absolute atomic E-state index is 11.4. The first kappa shape index (κ1) is 10.9. The second-order valence-electron chi connectivity index (χ2n) is 4.57. The van der Waals surface area contributed by atoms with E-state index in [4.69, 9.17) is 0 Å². The van der Waals surface area contributed by atoms with Crippen molar-refractivity contribution < 1.29 is 4.79 Å². The third-order valence-electron chi connectivity index (χ3n) is 3.47. The number of amides is 1. The van der Waals surface area contributed by atoms with Crippen LogP contribution in [0.15, 0.2) is 0 Å². The summed E-state index contributed by atoms with van der Waals surface area (Å²) in [5, 5.41) is 3.38. The second-order valence-corrected chi connectivity index (χ2v) is 4.57. The van der Waals surface area contributed by atoms with E-state index in [1.54, 1.807) is 0 Å². The van der Waals surface area contributed by atoms with Crippen LogP contribution in [0.2, 0.25) is 0 Å². The van der Waals surface area contributed by atoms with E-state index in [1.807, 2.05) is 4.90 Å². The number of hydrogen-bond donors (Lipinski definition) is 1. The maximum atomic E-state index is 11.4. The Kier molecular flexibility index (Phi) is 3.59. The van der Waals surface area contributed by atoms with Gasteiger partial charge in [0.15, 0.2) is 0 Å². The van der Waals surface area contributed by atoms with Crippen LogP contribution >= 0.6 is 0 Å². The van der Waals surface area contributed by atoms with Gasteiger partial charge in [0.1, 0.15) is 0 Å². The average molecular weight is 211 g/mol. The highest BCUT2D eigenvalue weighted by atomic mass is 16.2. The van der Waals surface area contributed by atoms with E-state index in [0.717, 1.165) is 52.1 Å². The zero-order valence-electron chi connectivity index (χ0n) is 9.54. The summed E-state index contributed by atoms with van der Waals surface area (Å²) < 4.78 is 0. The van der Waals surface area contributed by atoms with Gasteiger partial charge in [-0.25, -0.2) is 0 Å². The third-order valence-corrected chi connectivity index (χ3v) is 3.47. The summed E-state index contributed by atoms with van der Waals surface area (Å²) >= 11 is 0. The van der Waals surface area contributed by atoms with Crippen LogP contribution in [0.1, 0.15) is 19.8 Å². The highest BCUT2D eigenvalue weighted by Crippen LogP contribution is 2.10. The van der Waals surface area contributed by atoms with Gasteiger partial charge in [-0.1, -0.05) is 0 Å². The van der Waals surface area contributed by atoms with Crippen LogP contribution in [0.5, 0.6) is 0 Å². The Hall–Kier alpha value is -0.610. The molecule has 0 aromatic carbocycles. The Labute approximate surface area is 91.6 Å². The van der Waals surface area contributed by atoms with Gasteiger partial charge in [-0.05, 0) is 13.3 Å². The minimum Gasteiger partial charge on any atom is -0.341 e. The predicted octanol–water partition coefficient (Wildman–Crippen LogP) is -0.0975. The molecule has 2 saturated heterocycles. The average Bonchev–Trinajstić information content (AvgIpc) is 2.63. The smallest absolute Gasteiger partial charge is 0.222 e. The number of hydrogen-bond acceptors (Lipinski definition) is 3. The van der Waals surface area contributed by atoms with E-state index >= 15 is 0 Å². The van der Waals surface area contributed by atoms with E-state index < -0.39 is 0 Å². The van der Waals surface area contributed by atoms with Crippen molar-refractivity contribution in [2.75, 3.05) is 39.3 Å². The summed E-state index contributed by atoms with van der Waals surface area (Å²) in [6, 6.07) is 0.608. The van der Waals surface area contributed by atoms with Crippen molar-refractivity contribution in [1.29, 1.82) is 0 Å². The van der Waals surface area contributed by atoms with Crippen LogP contribution in [0.3, 0.4) is 0 Å². The number of nitrogens with one attached hydrogen (secondary N) is 1. The first-order chi connectivity index (χ1) is 7.27. The molecular formula is C11H21N3O. The summed E-state index contributed by atoms with van der Waals surface area (Å²) in [6.07, 6.45) is 1.81. The van der Waals surface area contributed by atoms with Gasteiger partial charge in [-0.2, -0.15) is 0 Å². The number of likely N-dealkylation sites (tertiary alicyclic amines) is 1. The number of rotatable bonds is 3. The van der Waals surface area contributed by atoms with Crippen molar-refractivity contribution in [3.63, 3.8) is 0 Å². The highest BCUT2D eigenvalue weighted by Gasteiger charge is 2.22. The fourth-order valence-electron chi connectivity index (χ4n) is 2.40. The molecule has 15 heavy (non-hydrogen) atoms. The first-order valence-corrected chi connectivity index (χ1v) is 6.00. The normalized spacial score (nSPS) is 28.7. The summed E-state index contributed by atoms with van der Waals surface area (Å²) in [5.74, 6) is 0.345. The molecule has 86 valence electrons. The van der Waals surface area contributed by atoms with Crippen LogP contribution in [0.25, 0.3) is 0 Å². The zero-order chi connectivity index (χ0) is 10.7. The lowest BCUT2D eigenvalue weighted by molar-refractivity contribution is -0.127. The first-order valence-electron chi connectivity index (χ1n) is 6.00. The highest BCUT2D eigenvalue weighted by molar-refractivity contribution is 5.78. The van der Waals surface area contributed by atoms with Gasteiger partial charge in [0.05, 0.1) is 0 Å². The summed E-state index contributed by atoms with van der Waals surface area (Å²) in [7, 11) is 0. The van der Waals surface area contributed by atoms with Gasteiger partial charge in [0.2, 0.25) is 5.91 Å². The molecule has 0 spiro atoms. The monoisotopic (exact) mass is 211 g/mol. The van der Waals surface area contributed by atoms with Crippen molar-refractivity contribution in [1.82, 2.24) is 15.1 Å². The summed E-state index contributed by atoms with van der Waals surface area (Å²) in [4.78, 5) is 15.9. The van der Waals surface area contributed by atoms with Crippen molar-refractivity contribution in [3.8, 4) is 0 Å². The van der Waals surface area contributed by atoms with Gasteiger partial charge in [-0.3, -0.25) is 9.69 Å². The molecule has 2 rings (SSSR count). The quantitative estimate of drug-likeness (QED) is 0.708. The summed E-state index contributed by atoms with van der Waals surface area (Å²) in [6.45, 7) is 8.45. The molecule has 0 aromatic rings. The lowest BCUT2D eigenvalue weighted by Crippen LogP contribution is -2.51. The number of piperazine rings is 1. The Balaban J connectivity index is 1.74. The molecule has 2 aliphatic heterocycles. The maximum Gasteiger partial charge on any atom is 0.222 e. The SMILES string of the molecule is CC1CNCCN1CCN1CCCC1=O. The molecule has 1 unspecified atom stereocenters. The van der Waals surface area contributed by atoms with Crippen LogP contribution in [-0.4, -0.2) is 61.0 Å². The molecule has 4 heteroatoms. The molecule has 0 bridgehead atoms. The molecule has 0 aliphatic carbocycles. The van der Waals surface area contributed by atoms with E-state index in [2.05, 4.69) is 17.1 Å². The molecule has 1 atom stereocenters. The predicted molar refractivity (Wildman–Crippen MR) is 59.7 cm³/mol. The van der Waals surface area contributed by atoms with E-state index in [9.17, 15) is 4.79 Å². The molecule has 0 aromatic heterocycles. The van der Waals surface area contributed by atoms with Gasteiger partial charge in [0.25, 0.3) is 0 Å². The van der Waals surface area contributed by atoms with Crippen molar-refractivity contribution in [2.24, 2.45) is 0 Å². The van der Waals surface area contributed by atoms with Crippen LogP contribution < -0.4 is 5.32 Å². The Morgan fingerprint density at radius 3 is 2.93 bits per heavy atom. The van der Waals surface area contributed by atoms with Crippen LogP contribution in [0.4, 0.5) is 0 Å². The largest absolute Gasteiger partial charge is 0.341 e. The second kappa shape index (κ2) is 4.94. The van der Waals surface area contributed by atoms with Gasteiger partial charge >= 0.3 is 0 Å².